The van der Waals surface area contributed by atoms with E-state index in [1.165, 1.54) is 44.2 Å². The Morgan fingerprint density at radius 1 is 0.957 bits per heavy atom. The van der Waals surface area contributed by atoms with Crippen LogP contribution in [0, 0.1) is 23.4 Å². The summed E-state index contributed by atoms with van der Waals surface area (Å²) in [7, 11) is 0. The lowest BCUT2D eigenvalue weighted by Crippen LogP contribution is -2.13. The molecule has 23 heavy (non-hydrogen) atoms. The maximum atomic E-state index is 14.3. The summed E-state index contributed by atoms with van der Waals surface area (Å²) in [6.07, 6.45) is 8.29. The number of fused-ring (bicyclic) bond motifs is 1. The van der Waals surface area contributed by atoms with Crippen LogP contribution in [0.1, 0.15) is 63.4 Å². The van der Waals surface area contributed by atoms with Gasteiger partial charge in [-0.15, -0.1) is 0 Å². The summed E-state index contributed by atoms with van der Waals surface area (Å²) in [5.74, 6) is -1.61. The maximum Gasteiger partial charge on any atom is 0.169 e. The van der Waals surface area contributed by atoms with Gasteiger partial charge in [0.25, 0.3) is 0 Å². The molecule has 3 rings (SSSR count). The molecule has 0 heterocycles. The monoisotopic (exact) mass is 320 g/mol. The molecule has 0 aliphatic heterocycles. The molecule has 0 amide bonds. The van der Waals surface area contributed by atoms with Crippen molar-refractivity contribution in [3.05, 3.63) is 47.3 Å². The number of rotatable bonds is 4. The number of halogens is 3. The van der Waals surface area contributed by atoms with Gasteiger partial charge in [0.15, 0.2) is 11.6 Å². The third kappa shape index (κ3) is 3.39. The summed E-state index contributed by atoms with van der Waals surface area (Å²) in [4.78, 5) is 0. The van der Waals surface area contributed by atoms with Crippen LogP contribution >= 0.6 is 0 Å². The first-order valence-corrected chi connectivity index (χ1v) is 8.67. The number of unbranched alkanes of at least 4 members (excludes halogenated alkanes) is 1. The van der Waals surface area contributed by atoms with Gasteiger partial charge in [-0.1, -0.05) is 38.3 Å². The SMILES string of the molecule is CCCCC1CCC(c2cc(F)c3c(F)c(F)ccc3c2)CC1. The first-order valence-electron chi connectivity index (χ1n) is 8.67. The van der Waals surface area contributed by atoms with Crippen molar-refractivity contribution in [2.45, 2.75) is 57.8 Å². The second kappa shape index (κ2) is 6.94. The van der Waals surface area contributed by atoms with Crippen LogP contribution in [-0.2, 0) is 0 Å². The fourth-order valence-electron chi connectivity index (χ4n) is 3.88. The number of hydrogen-bond acceptors (Lipinski definition) is 0. The highest BCUT2D eigenvalue weighted by Gasteiger charge is 2.23. The molecular weight excluding hydrogens is 297 g/mol. The molecule has 1 fully saturated rings. The molecule has 1 aliphatic carbocycles. The van der Waals surface area contributed by atoms with Crippen LogP contribution in [0.2, 0.25) is 0 Å². The van der Waals surface area contributed by atoms with Gasteiger partial charge in [0.05, 0.1) is 5.39 Å². The average molecular weight is 320 g/mol. The van der Waals surface area contributed by atoms with Crippen molar-refractivity contribution >= 4 is 10.8 Å². The molecule has 0 radical (unpaired) electrons. The van der Waals surface area contributed by atoms with Gasteiger partial charge in [-0.05, 0) is 60.6 Å². The van der Waals surface area contributed by atoms with Gasteiger partial charge in [0.1, 0.15) is 5.82 Å². The fraction of sp³-hybridized carbons (Fsp3) is 0.500. The summed E-state index contributed by atoms with van der Waals surface area (Å²) in [5.41, 5.74) is 0.926. The van der Waals surface area contributed by atoms with Gasteiger partial charge in [-0.3, -0.25) is 0 Å². The highest BCUT2D eigenvalue weighted by molar-refractivity contribution is 5.84. The lowest BCUT2D eigenvalue weighted by atomic mass is 9.77. The summed E-state index contributed by atoms with van der Waals surface area (Å²) in [6, 6.07) is 5.77. The molecule has 124 valence electrons. The van der Waals surface area contributed by atoms with E-state index in [2.05, 4.69) is 6.92 Å². The molecule has 0 unspecified atom stereocenters. The van der Waals surface area contributed by atoms with Crippen molar-refractivity contribution in [3.8, 4) is 0 Å². The van der Waals surface area contributed by atoms with Gasteiger partial charge in [0.2, 0.25) is 0 Å². The van der Waals surface area contributed by atoms with E-state index in [-0.39, 0.29) is 5.39 Å². The van der Waals surface area contributed by atoms with E-state index >= 15 is 0 Å². The van der Waals surface area contributed by atoms with Crippen LogP contribution in [0.15, 0.2) is 24.3 Å². The van der Waals surface area contributed by atoms with E-state index in [4.69, 9.17) is 0 Å². The molecule has 0 N–H and O–H groups in total. The van der Waals surface area contributed by atoms with Crippen molar-refractivity contribution in [3.63, 3.8) is 0 Å². The molecule has 1 saturated carbocycles. The van der Waals surface area contributed by atoms with Gasteiger partial charge < -0.3 is 0 Å². The quantitative estimate of drug-likeness (QED) is 0.586. The normalized spacial score (nSPS) is 21.7. The zero-order valence-electron chi connectivity index (χ0n) is 13.5. The van der Waals surface area contributed by atoms with E-state index < -0.39 is 17.5 Å². The van der Waals surface area contributed by atoms with Gasteiger partial charge in [0, 0.05) is 0 Å². The van der Waals surface area contributed by atoms with Gasteiger partial charge >= 0.3 is 0 Å². The maximum absolute atomic E-state index is 14.3. The Morgan fingerprint density at radius 2 is 1.70 bits per heavy atom. The van der Waals surface area contributed by atoms with Crippen LogP contribution in [0.4, 0.5) is 13.2 Å². The van der Waals surface area contributed by atoms with Crippen molar-refractivity contribution < 1.29 is 13.2 Å². The Balaban J connectivity index is 1.81. The topological polar surface area (TPSA) is 0 Å². The molecule has 0 aromatic heterocycles. The first kappa shape index (κ1) is 16.4. The molecule has 0 atom stereocenters. The first-order chi connectivity index (χ1) is 11.1. The highest BCUT2D eigenvalue weighted by Crippen LogP contribution is 2.39. The minimum absolute atomic E-state index is 0.231. The van der Waals surface area contributed by atoms with Gasteiger partial charge in [-0.25, -0.2) is 13.2 Å². The third-order valence-corrected chi connectivity index (χ3v) is 5.27. The molecule has 0 bridgehead atoms. The van der Waals surface area contributed by atoms with E-state index in [0.29, 0.717) is 11.3 Å². The lowest BCUT2D eigenvalue weighted by molar-refractivity contribution is 0.304. The summed E-state index contributed by atoms with van der Waals surface area (Å²) >= 11 is 0. The smallest absolute Gasteiger partial charge is 0.169 e. The van der Waals surface area contributed by atoms with Crippen molar-refractivity contribution in [2.75, 3.05) is 0 Å². The molecular formula is C20H23F3. The average Bonchev–Trinajstić information content (AvgIpc) is 2.56. The molecule has 0 spiro atoms. The highest BCUT2D eigenvalue weighted by atomic mass is 19.2. The van der Waals surface area contributed by atoms with E-state index in [1.807, 2.05) is 6.07 Å². The van der Waals surface area contributed by atoms with Crippen LogP contribution < -0.4 is 0 Å². The minimum Gasteiger partial charge on any atom is -0.206 e. The van der Waals surface area contributed by atoms with Crippen LogP contribution in [-0.4, -0.2) is 0 Å². The standard InChI is InChI=1S/C20H23F3/c1-2-3-4-13-5-7-14(8-6-13)16-11-15-9-10-17(21)20(23)19(15)18(22)12-16/h9-14H,2-8H2,1H3. The number of benzene rings is 2. The van der Waals surface area contributed by atoms with Crippen LogP contribution in [0.3, 0.4) is 0 Å². The van der Waals surface area contributed by atoms with E-state index in [0.717, 1.165) is 30.4 Å². The van der Waals surface area contributed by atoms with Crippen molar-refractivity contribution in [1.82, 2.24) is 0 Å². The predicted molar refractivity (Wildman–Crippen MR) is 88.0 cm³/mol. The Hall–Kier alpha value is -1.51. The number of hydrogen-bond donors (Lipinski definition) is 0. The van der Waals surface area contributed by atoms with Gasteiger partial charge in [-0.2, -0.15) is 0 Å². The fourth-order valence-corrected chi connectivity index (χ4v) is 3.88. The van der Waals surface area contributed by atoms with Crippen LogP contribution in [0.25, 0.3) is 10.8 Å². The molecule has 2 aromatic carbocycles. The third-order valence-electron chi connectivity index (χ3n) is 5.27. The minimum atomic E-state index is -1.09. The Labute approximate surface area is 135 Å². The molecule has 0 nitrogen and oxygen atoms in total. The van der Waals surface area contributed by atoms with E-state index in [9.17, 15) is 13.2 Å². The molecule has 2 aromatic rings. The second-order valence-corrected chi connectivity index (χ2v) is 6.82. The zero-order chi connectivity index (χ0) is 16.4. The lowest BCUT2D eigenvalue weighted by Gasteiger charge is -2.29. The Kier molecular flexibility index (Phi) is 4.93. The molecule has 1 aliphatic rings. The second-order valence-electron chi connectivity index (χ2n) is 6.82. The predicted octanol–water partition coefficient (Wildman–Crippen LogP) is 6.72. The zero-order valence-corrected chi connectivity index (χ0v) is 13.5. The van der Waals surface area contributed by atoms with Crippen molar-refractivity contribution in [1.29, 1.82) is 0 Å². The van der Waals surface area contributed by atoms with Crippen molar-refractivity contribution in [2.24, 2.45) is 5.92 Å². The van der Waals surface area contributed by atoms with E-state index in [1.54, 1.807) is 0 Å². The largest absolute Gasteiger partial charge is 0.206 e. The molecule has 3 heteroatoms. The Morgan fingerprint density at radius 3 is 2.39 bits per heavy atom. The van der Waals surface area contributed by atoms with Crippen LogP contribution in [0.5, 0.6) is 0 Å². The summed E-state index contributed by atoms with van der Waals surface area (Å²) in [5, 5.41) is 0.220. The summed E-state index contributed by atoms with van der Waals surface area (Å²) in [6.45, 7) is 2.21. The Bertz CT molecular complexity index is 685. The molecule has 0 saturated heterocycles. The summed E-state index contributed by atoms with van der Waals surface area (Å²) < 4.78 is 41.4.